The van der Waals surface area contributed by atoms with Crippen LogP contribution in [0.5, 0.6) is 0 Å². The molecule has 0 aromatic heterocycles. The number of nitrogens with one attached hydrogen (secondary N) is 1. The fourth-order valence-electron chi connectivity index (χ4n) is 2.19. The molecule has 4 heteroatoms. The van der Waals surface area contributed by atoms with Crippen LogP contribution in [0.15, 0.2) is 24.3 Å². The lowest BCUT2D eigenvalue weighted by molar-refractivity contribution is -0.119. The molecule has 100 valence electrons. The molecule has 0 bridgehead atoms. The summed E-state index contributed by atoms with van der Waals surface area (Å²) in [4.78, 5) is 22.1. The molecule has 0 heterocycles. The fraction of sp³-hybridized carbons (Fsp3) is 0.500. The van der Waals surface area contributed by atoms with Crippen molar-refractivity contribution in [3.63, 3.8) is 0 Å². The summed E-state index contributed by atoms with van der Waals surface area (Å²) in [7, 11) is -2.66. The fourth-order valence-corrected chi connectivity index (χ4v) is 4.88. The minimum absolute atomic E-state index is 0.0751. The molecule has 0 aliphatic heterocycles. The molecule has 1 amide bonds. The van der Waals surface area contributed by atoms with Crippen LogP contribution in [0.3, 0.4) is 0 Å². The molecule has 1 rings (SSSR count). The minimum Gasteiger partial charge on any atom is -0.426 e. The second-order valence-electron chi connectivity index (χ2n) is 5.06. The number of carbonyl (C=O) groups excluding carboxylic acids is 1. The number of rotatable bonds is 5. The van der Waals surface area contributed by atoms with E-state index in [9.17, 15) is 9.59 Å². The molecule has 2 atom stereocenters. The van der Waals surface area contributed by atoms with Crippen molar-refractivity contribution in [1.29, 1.82) is 0 Å². The monoisotopic (exact) mass is 265 g/mol. The summed E-state index contributed by atoms with van der Waals surface area (Å²) in [5.74, 6) is -0.0751. The van der Waals surface area contributed by atoms with Crippen molar-refractivity contribution in [1.82, 2.24) is 5.32 Å². The average molecular weight is 265 g/mol. The average Bonchev–Trinajstić information content (AvgIpc) is 2.28. The lowest BCUT2D eigenvalue weighted by Crippen LogP contribution is -2.62. The van der Waals surface area contributed by atoms with E-state index in [4.69, 9.17) is 0 Å². The Bertz CT molecular complexity index is 418. The third-order valence-electron chi connectivity index (χ3n) is 3.24. The van der Waals surface area contributed by atoms with Gasteiger partial charge in [-0.2, -0.15) is 0 Å². The molecule has 18 heavy (non-hydrogen) atoms. The highest BCUT2D eigenvalue weighted by Gasteiger charge is 2.37. The van der Waals surface area contributed by atoms with E-state index in [1.165, 1.54) is 6.92 Å². The molecule has 2 N–H and O–H groups in total. The lowest BCUT2D eigenvalue weighted by atomic mass is 10.2. The van der Waals surface area contributed by atoms with Gasteiger partial charge in [0.25, 0.3) is 0 Å². The third kappa shape index (κ3) is 3.68. The Hall–Kier alpha value is -1.13. The maximum Gasteiger partial charge on any atom is 0.239 e. The van der Waals surface area contributed by atoms with Gasteiger partial charge >= 0.3 is 0 Å². The first-order chi connectivity index (χ1) is 8.37. The van der Waals surface area contributed by atoms with Gasteiger partial charge in [-0.3, -0.25) is 4.79 Å². The Labute approximate surface area is 110 Å². The van der Waals surface area contributed by atoms with Crippen LogP contribution in [0.2, 0.25) is 6.55 Å². The van der Waals surface area contributed by atoms with Crippen LogP contribution >= 0.6 is 0 Å². The van der Waals surface area contributed by atoms with E-state index in [-0.39, 0.29) is 11.6 Å². The zero-order valence-electron chi connectivity index (χ0n) is 11.7. The Kier molecular flexibility index (Phi) is 5.11. The molecule has 0 spiro atoms. The SMILES string of the molecule is CCC[C@H](NC(C)=O)[Si](C)(O)c1cccc(C)c1. The zero-order chi connectivity index (χ0) is 13.8. The van der Waals surface area contributed by atoms with Crippen LogP contribution < -0.4 is 10.5 Å². The van der Waals surface area contributed by atoms with Crippen molar-refractivity contribution in [3.05, 3.63) is 29.8 Å². The summed E-state index contributed by atoms with van der Waals surface area (Å²) in [6.07, 6.45) is 1.76. The Morgan fingerprint density at radius 3 is 2.67 bits per heavy atom. The number of hydrogen-bond donors (Lipinski definition) is 2. The van der Waals surface area contributed by atoms with Crippen LogP contribution in [0, 0.1) is 6.92 Å². The number of amides is 1. The van der Waals surface area contributed by atoms with Crippen molar-refractivity contribution in [2.24, 2.45) is 0 Å². The summed E-state index contributed by atoms with van der Waals surface area (Å²) >= 11 is 0. The third-order valence-corrected chi connectivity index (χ3v) is 6.51. The molecule has 1 aromatic rings. The van der Waals surface area contributed by atoms with Crippen molar-refractivity contribution < 1.29 is 9.59 Å². The van der Waals surface area contributed by atoms with Gasteiger partial charge in [0.15, 0.2) is 0 Å². The molecule has 0 aliphatic rings. The summed E-state index contributed by atoms with van der Waals surface area (Å²) < 4.78 is 0. The first-order valence-corrected chi connectivity index (χ1v) is 8.97. The second kappa shape index (κ2) is 6.16. The predicted octanol–water partition coefficient (Wildman–Crippen LogP) is 1.61. The van der Waals surface area contributed by atoms with Crippen molar-refractivity contribution in [2.45, 2.75) is 45.8 Å². The Balaban J connectivity index is 3.03. The lowest BCUT2D eigenvalue weighted by Gasteiger charge is -2.31. The normalized spacial score (nSPS) is 15.8. The number of hydrogen-bond acceptors (Lipinski definition) is 2. The van der Waals surface area contributed by atoms with E-state index >= 15 is 0 Å². The van der Waals surface area contributed by atoms with Gasteiger partial charge in [-0.05, 0) is 25.1 Å². The molecule has 0 fully saturated rings. The van der Waals surface area contributed by atoms with Gasteiger partial charge in [0.2, 0.25) is 14.2 Å². The topological polar surface area (TPSA) is 49.3 Å². The maximum atomic E-state index is 11.3. The van der Waals surface area contributed by atoms with Gasteiger partial charge in [-0.25, -0.2) is 0 Å². The van der Waals surface area contributed by atoms with E-state index in [2.05, 4.69) is 12.2 Å². The minimum atomic E-state index is -2.66. The molecular formula is C14H23NO2Si. The maximum absolute atomic E-state index is 11.3. The molecule has 1 unspecified atom stereocenters. The van der Waals surface area contributed by atoms with Crippen molar-refractivity contribution in [2.75, 3.05) is 0 Å². The molecule has 0 saturated heterocycles. The highest BCUT2D eigenvalue weighted by Crippen LogP contribution is 2.12. The first kappa shape index (κ1) is 14.9. The highest BCUT2D eigenvalue weighted by molar-refractivity contribution is 6.85. The molecule has 0 radical (unpaired) electrons. The summed E-state index contributed by atoms with van der Waals surface area (Å²) in [6, 6.07) is 7.96. The molecule has 0 saturated carbocycles. The molecular weight excluding hydrogens is 242 g/mol. The second-order valence-corrected chi connectivity index (χ2v) is 8.63. The standard InChI is InChI=1S/C14H23NO2Si/c1-5-7-14(15-12(3)16)18(4,17)13-9-6-8-11(2)10-13/h6,8-10,14,17H,5,7H2,1-4H3,(H,15,16)/t14-,18?/m1/s1. The van der Waals surface area contributed by atoms with Gasteiger partial charge in [-0.15, -0.1) is 0 Å². The first-order valence-electron chi connectivity index (χ1n) is 6.44. The van der Waals surface area contributed by atoms with Crippen LogP contribution in [0.1, 0.15) is 32.3 Å². The zero-order valence-corrected chi connectivity index (χ0v) is 12.7. The van der Waals surface area contributed by atoms with Crippen LogP contribution in [0.4, 0.5) is 0 Å². The highest BCUT2D eigenvalue weighted by atomic mass is 28.4. The largest absolute Gasteiger partial charge is 0.426 e. The smallest absolute Gasteiger partial charge is 0.239 e. The van der Waals surface area contributed by atoms with E-state index in [1.807, 2.05) is 37.7 Å². The van der Waals surface area contributed by atoms with Crippen LogP contribution in [0.25, 0.3) is 0 Å². The molecule has 0 aliphatic carbocycles. The Morgan fingerprint density at radius 1 is 1.50 bits per heavy atom. The molecule has 3 nitrogen and oxygen atoms in total. The predicted molar refractivity (Wildman–Crippen MR) is 77.2 cm³/mol. The van der Waals surface area contributed by atoms with E-state index < -0.39 is 8.32 Å². The van der Waals surface area contributed by atoms with E-state index in [0.29, 0.717) is 0 Å². The quantitative estimate of drug-likeness (QED) is 0.795. The van der Waals surface area contributed by atoms with E-state index in [1.54, 1.807) is 0 Å². The molecule has 1 aromatic carbocycles. The number of aryl methyl sites for hydroxylation is 1. The van der Waals surface area contributed by atoms with Gasteiger partial charge in [0.05, 0.1) is 5.67 Å². The van der Waals surface area contributed by atoms with Crippen molar-refractivity contribution in [3.8, 4) is 0 Å². The summed E-state index contributed by atoms with van der Waals surface area (Å²) in [5, 5.41) is 3.89. The van der Waals surface area contributed by atoms with Crippen molar-refractivity contribution >= 4 is 19.4 Å². The van der Waals surface area contributed by atoms with Crippen LogP contribution in [-0.4, -0.2) is 24.7 Å². The number of benzene rings is 1. The number of carbonyl (C=O) groups is 1. The summed E-state index contributed by atoms with van der Waals surface area (Å²) in [5.41, 5.74) is 1.01. The van der Waals surface area contributed by atoms with E-state index in [0.717, 1.165) is 23.6 Å². The Morgan fingerprint density at radius 2 is 2.17 bits per heavy atom. The van der Waals surface area contributed by atoms with Gasteiger partial charge in [0, 0.05) is 6.92 Å². The summed E-state index contributed by atoms with van der Waals surface area (Å²) in [6.45, 7) is 7.48. The van der Waals surface area contributed by atoms with Gasteiger partial charge in [-0.1, -0.05) is 43.2 Å². The van der Waals surface area contributed by atoms with Gasteiger partial charge in [0.1, 0.15) is 0 Å². The van der Waals surface area contributed by atoms with Gasteiger partial charge < -0.3 is 10.1 Å². The van der Waals surface area contributed by atoms with Crippen LogP contribution in [-0.2, 0) is 4.79 Å².